The second-order valence-electron chi connectivity index (χ2n) is 5.19. The van der Waals surface area contributed by atoms with Crippen molar-refractivity contribution >= 4 is 17.3 Å². The van der Waals surface area contributed by atoms with Crippen LogP contribution in [0.15, 0.2) is 12.1 Å². The number of nitrogens with one attached hydrogen (secondary N) is 1. The van der Waals surface area contributed by atoms with E-state index in [1.54, 1.807) is 0 Å². The predicted molar refractivity (Wildman–Crippen MR) is 76.0 cm³/mol. The summed E-state index contributed by atoms with van der Waals surface area (Å²) in [7, 11) is 0. The molecule has 1 aromatic carbocycles. The minimum atomic E-state index is -0.649. The molecule has 2 N–H and O–H groups in total. The second-order valence-corrected chi connectivity index (χ2v) is 5.57. The first-order valence-corrected chi connectivity index (χ1v) is 6.58. The Morgan fingerprint density at radius 2 is 2.28 bits per heavy atom. The van der Waals surface area contributed by atoms with E-state index in [1.165, 1.54) is 0 Å². The van der Waals surface area contributed by atoms with E-state index in [0.29, 0.717) is 10.6 Å². The molecule has 0 amide bonds. The van der Waals surface area contributed by atoms with Gasteiger partial charge in [-0.1, -0.05) is 17.5 Å². The fraction of sp³-hybridized carbons (Fsp3) is 0.467. The van der Waals surface area contributed by atoms with Crippen LogP contribution >= 0.6 is 11.6 Å². The molecule has 0 heterocycles. The van der Waals surface area contributed by atoms with Crippen LogP contribution in [0.1, 0.15) is 37.3 Å². The topological polar surface area (TPSA) is 32.3 Å². The van der Waals surface area contributed by atoms with Crippen LogP contribution < -0.4 is 5.32 Å². The molecule has 0 aromatic heterocycles. The zero-order chi connectivity index (χ0) is 13.3. The number of aliphatic hydroxyl groups is 1. The molecule has 0 saturated heterocycles. The van der Waals surface area contributed by atoms with Gasteiger partial charge >= 0.3 is 0 Å². The summed E-state index contributed by atoms with van der Waals surface area (Å²) in [6.07, 6.45) is 8.23. The normalized spacial score (nSPS) is 26.9. The molecule has 0 radical (unpaired) electrons. The summed E-state index contributed by atoms with van der Waals surface area (Å²) in [6, 6.07) is 3.84. The van der Waals surface area contributed by atoms with Gasteiger partial charge in [0.1, 0.15) is 0 Å². The van der Waals surface area contributed by atoms with Crippen LogP contribution in [0.25, 0.3) is 0 Å². The van der Waals surface area contributed by atoms with Gasteiger partial charge < -0.3 is 10.4 Å². The van der Waals surface area contributed by atoms with Gasteiger partial charge in [0.05, 0.1) is 16.7 Å². The Balaban J connectivity index is 2.26. The van der Waals surface area contributed by atoms with Gasteiger partial charge in [0.15, 0.2) is 0 Å². The van der Waals surface area contributed by atoms with Crippen LogP contribution in [0, 0.1) is 19.3 Å². The van der Waals surface area contributed by atoms with E-state index in [4.69, 9.17) is 18.0 Å². The molecule has 18 heavy (non-hydrogen) atoms. The Kier molecular flexibility index (Phi) is 3.56. The lowest BCUT2D eigenvalue weighted by molar-refractivity contribution is 0.0578. The Hall–Kier alpha value is -1.17. The Bertz CT molecular complexity index is 502. The van der Waals surface area contributed by atoms with Crippen LogP contribution in [-0.4, -0.2) is 16.7 Å². The second kappa shape index (κ2) is 4.84. The van der Waals surface area contributed by atoms with Crippen molar-refractivity contribution in [2.75, 3.05) is 5.32 Å². The first kappa shape index (κ1) is 13.3. The van der Waals surface area contributed by atoms with E-state index in [-0.39, 0.29) is 6.04 Å². The molecule has 1 saturated carbocycles. The third kappa shape index (κ3) is 2.34. The SMILES string of the molecule is C#Cc1ccc(N[C@H]2CCC[C@@]2(C)O)c(C)c1Cl. The zero-order valence-corrected chi connectivity index (χ0v) is 11.5. The molecule has 3 heteroatoms. The highest BCUT2D eigenvalue weighted by Gasteiger charge is 2.36. The fourth-order valence-electron chi connectivity index (χ4n) is 2.52. The molecule has 2 atom stereocenters. The van der Waals surface area contributed by atoms with E-state index in [1.807, 2.05) is 26.0 Å². The van der Waals surface area contributed by atoms with E-state index in [2.05, 4.69) is 11.2 Å². The molecule has 2 nitrogen and oxygen atoms in total. The van der Waals surface area contributed by atoms with Crippen molar-refractivity contribution in [1.82, 2.24) is 0 Å². The molecular formula is C15H18ClNO. The number of halogens is 1. The quantitative estimate of drug-likeness (QED) is 0.802. The van der Waals surface area contributed by atoms with Crippen LogP contribution in [0.3, 0.4) is 0 Å². The van der Waals surface area contributed by atoms with Crippen molar-refractivity contribution in [2.24, 2.45) is 0 Å². The molecule has 0 aliphatic heterocycles. The number of terminal acetylenes is 1. The highest BCUT2D eigenvalue weighted by Crippen LogP contribution is 2.34. The first-order chi connectivity index (χ1) is 8.45. The van der Waals surface area contributed by atoms with Crippen molar-refractivity contribution in [3.8, 4) is 12.3 Å². The Morgan fingerprint density at radius 1 is 1.56 bits per heavy atom. The molecule has 1 aliphatic rings. The standard InChI is InChI=1S/C15H18ClNO/c1-4-11-7-8-12(10(2)14(11)16)17-13-6-5-9-15(13,3)18/h1,7-8,13,17-18H,5-6,9H2,2-3H3/t13-,15+/m0/s1. The lowest BCUT2D eigenvalue weighted by Crippen LogP contribution is -2.39. The Labute approximate surface area is 113 Å². The summed E-state index contributed by atoms with van der Waals surface area (Å²) < 4.78 is 0. The largest absolute Gasteiger partial charge is 0.388 e. The predicted octanol–water partition coefficient (Wildman–Crippen LogP) is 3.35. The average molecular weight is 264 g/mol. The maximum atomic E-state index is 10.2. The van der Waals surface area contributed by atoms with Crippen LogP contribution in [-0.2, 0) is 0 Å². The molecule has 96 valence electrons. The van der Waals surface area contributed by atoms with Crippen LogP contribution in [0.4, 0.5) is 5.69 Å². The monoisotopic (exact) mass is 263 g/mol. The van der Waals surface area contributed by atoms with Gasteiger partial charge in [-0.2, -0.15) is 0 Å². The fourth-order valence-corrected chi connectivity index (χ4v) is 2.74. The third-order valence-electron chi connectivity index (χ3n) is 3.80. The molecule has 2 rings (SSSR count). The minimum Gasteiger partial charge on any atom is -0.388 e. The molecular weight excluding hydrogens is 246 g/mol. The van der Waals surface area contributed by atoms with E-state index >= 15 is 0 Å². The lowest BCUT2D eigenvalue weighted by Gasteiger charge is -2.28. The molecule has 1 aromatic rings. The first-order valence-electron chi connectivity index (χ1n) is 6.20. The summed E-state index contributed by atoms with van der Waals surface area (Å²) >= 11 is 6.21. The summed E-state index contributed by atoms with van der Waals surface area (Å²) in [5.74, 6) is 2.56. The zero-order valence-electron chi connectivity index (χ0n) is 10.8. The third-order valence-corrected chi connectivity index (χ3v) is 4.29. The van der Waals surface area contributed by atoms with E-state index < -0.39 is 5.60 Å². The molecule has 0 bridgehead atoms. The number of rotatable bonds is 2. The highest BCUT2D eigenvalue weighted by molar-refractivity contribution is 6.32. The molecule has 0 spiro atoms. The summed E-state index contributed by atoms with van der Waals surface area (Å²) in [4.78, 5) is 0. The summed E-state index contributed by atoms with van der Waals surface area (Å²) in [5, 5.41) is 14.2. The number of benzene rings is 1. The van der Waals surface area contributed by atoms with Gasteiger partial charge in [0.2, 0.25) is 0 Å². The number of hydrogen-bond acceptors (Lipinski definition) is 2. The highest BCUT2D eigenvalue weighted by atomic mass is 35.5. The van der Waals surface area contributed by atoms with Gasteiger partial charge in [-0.25, -0.2) is 0 Å². The number of hydrogen-bond donors (Lipinski definition) is 2. The van der Waals surface area contributed by atoms with Gasteiger partial charge in [0, 0.05) is 11.3 Å². The molecule has 1 fully saturated rings. The van der Waals surface area contributed by atoms with Gasteiger partial charge in [-0.3, -0.25) is 0 Å². The van der Waals surface area contributed by atoms with E-state index in [9.17, 15) is 5.11 Å². The van der Waals surface area contributed by atoms with Gasteiger partial charge in [-0.15, -0.1) is 6.42 Å². The van der Waals surface area contributed by atoms with Crippen molar-refractivity contribution in [3.05, 3.63) is 28.3 Å². The number of anilines is 1. The van der Waals surface area contributed by atoms with Crippen molar-refractivity contribution < 1.29 is 5.11 Å². The maximum Gasteiger partial charge on any atom is 0.0819 e. The minimum absolute atomic E-state index is 0.0731. The van der Waals surface area contributed by atoms with Crippen LogP contribution in [0.5, 0.6) is 0 Å². The van der Waals surface area contributed by atoms with Gasteiger partial charge in [-0.05, 0) is 50.8 Å². The lowest BCUT2D eigenvalue weighted by atomic mass is 9.99. The van der Waals surface area contributed by atoms with Crippen molar-refractivity contribution in [2.45, 2.75) is 44.8 Å². The van der Waals surface area contributed by atoms with E-state index in [0.717, 1.165) is 30.5 Å². The average Bonchev–Trinajstić information content (AvgIpc) is 2.65. The maximum absolute atomic E-state index is 10.2. The summed E-state index contributed by atoms with van der Waals surface area (Å²) in [5.41, 5.74) is 1.95. The van der Waals surface area contributed by atoms with Gasteiger partial charge in [0.25, 0.3) is 0 Å². The molecule has 0 unspecified atom stereocenters. The smallest absolute Gasteiger partial charge is 0.0819 e. The van der Waals surface area contributed by atoms with Crippen molar-refractivity contribution in [3.63, 3.8) is 0 Å². The Morgan fingerprint density at radius 3 is 2.83 bits per heavy atom. The van der Waals surface area contributed by atoms with Crippen LogP contribution in [0.2, 0.25) is 5.02 Å². The van der Waals surface area contributed by atoms with Crippen molar-refractivity contribution in [1.29, 1.82) is 0 Å². The molecule has 1 aliphatic carbocycles. The summed E-state index contributed by atoms with van der Waals surface area (Å²) in [6.45, 7) is 3.82.